The number of ether oxygens (including phenoxy) is 1. The molecule has 0 aromatic heterocycles. The molecule has 0 aliphatic heterocycles. The number of carbonyl (C=O) groups excluding carboxylic acids is 2. The van der Waals surface area contributed by atoms with E-state index in [-0.39, 0.29) is 16.4 Å². The van der Waals surface area contributed by atoms with Gasteiger partial charge in [-0.25, -0.2) is 17.5 Å². The normalized spacial score (nSPS) is 12.4. The van der Waals surface area contributed by atoms with Crippen molar-refractivity contribution < 1.29 is 22.7 Å². The Bertz CT molecular complexity index is 969. The van der Waals surface area contributed by atoms with Crippen molar-refractivity contribution in [1.29, 1.82) is 0 Å². The molecule has 2 aromatic carbocycles. The third-order valence-electron chi connectivity index (χ3n) is 4.58. The van der Waals surface area contributed by atoms with Crippen molar-refractivity contribution in [3.05, 3.63) is 59.7 Å². The zero-order valence-corrected chi connectivity index (χ0v) is 17.8. The van der Waals surface area contributed by atoms with Gasteiger partial charge < -0.3 is 10.1 Å². The van der Waals surface area contributed by atoms with Gasteiger partial charge in [0.1, 0.15) is 0 Å². The highest BCUT2D eigenvalue weighted by atomic mass is 32.2. The molecule has 2 rings (SSSR count). The van der Waals surface area contributed by atoms with Crippen molar-refractivity contribution in [2.75, 3.05) is 26.0 Å². The number of esters is 1. The third kappa shape index (κ3) is 5.65. The van der Waals surface area contributed by atoms with E-state index in [2.05, 4.69) is 19.2 Å². The highest BCUT2D eigenvalue weighted by Gasteiger charge is 2.18. The molecule has 0 radical (unpaired) electrons. The molecule has 2 aromatic rings. The predicted molar refractivity (Wildman–Crippen MR) is 111 cm³/mol. The van der Waals surface area contributed by atoms with Crippen LogP contribution in [0.15, 0.2) is 53.4 Å². The van der Waals surface area contributed by atoms with Crippen LogP contribution in [0.5, 0.6) is 0 Å². The van der Waals surface area contributed by atoms with Gasteiger partial charge in [0.15, 0.2) is 6.61 Å². The molecule has 1 amide bonds. The van der Waals surface area contributed by atoms with Gasteiger partial charge in [0.25, 0.3) is 5.91 Å². The number of carbonyl (C=O) groups is 2. The molecule has 7 nitrogen and oxygen atoms in total. The maximum Gasteiger partial charge on any atom is 0.338 e. The predicted octanol–water partition coefficient (Wildman–Crippen LogP) is 3.25. The van der Waals surface area contributed by atoms with Crippen LogP contribution in [0.2, 0.25) is 0 Å². The summed E-state index contributed by atoms with van der Waals surface area (Å²) in [4.78, 5) is 24.4. The number of nitrogens with zero attached hydrogens (tertiary/aromatic N) is 1. The van der Waals surface area contributed by atoms with Crippen molar-refractivity contribution >= 4 is 27.6 Å². The molecule has 8 heteroatoms. The lowest BCUT2D eigenvalue weighted by atomic mass is 9.97. The molecule has 0 fully saturated rings. The quantitative estimate of drug-likeness (QED) is 0.665. The van der Waals surface area contributed by atoms with Gasteiger partial charge in [-0.05, 0) is 48.2 Å². The third-order valence-corrected chi connectivity index (χ3v) is 6.41. The fourth-order valence-electron chi connectivity index (χ4n) is 2.64. The van der Waals surface area contributed by atoms with Gasteiger partial charge in [0, 0.05) is 19.8 Å². The van der Waals surface area contributed by atoms with E-state index >= 15 is 0 Å². The Kier molecular flexibility index (Phi) is 7.53. The van der Waals surface area contributed by atoms with E-state index in [1.54, 1.807) is 0 Å². The van der Waals surface area contributed by atoms with E-state index in [4.69, 9.17) is 4.74 Å². The molecule has 0 spiro atoms. The molecule has 0 unspecified atom stereocenters. The van der Waals surface area contributed by atoms with E-state index in [0.717, 1.165) is 16.3 Å². The molecular formula is C21H26N2O5S. The Labute approximate surface area is 171 Å². The molecular weight excluding hydrogens is 392 g/mol. The van der Waals surface area contributed by atoms with Gasteiger partial charge in [-0.2, -0.15) is 0 Å². The fourth-order valence-corrected chi connectivity index (χ4v) is 3.54. The molecule has 0 bridgehead atoms. The lowest BCUT2D eigenvalue weighted by Gasteiger charge is -2.15. The lowest BCUT2D eigenvalue weighted by molar-refractivity contribution is -0.119. The van der Waals surface area contributed by atoms with Crippen LogP contribution in [0.25, 0.3) is 0 Å². The maximum absolute atomic E-state index is 12.2. The van der Waals surface area contributed by atoms with Crippen LogP contribution in [0.1, 0.15) is 42.1 Å². The van der Waals surface area contributed by atoms with Crippen molar-refractivity contribution in [3.63, 3.8) is 0 Å². The summed E-state index contributed by atoms with van der Waals surface area (Å²) in [5.41, 5.74) is 1.88. The lowest BCUT2D eigenvalue weighted by Crippen LogP contribution is -2.23. The number of nitrogens with one attached hydrogen (secondary N) is 1. The number of benzene rings is 2. The SMILES string of the molecule is CC[C@H](C)c1ccccc1NC(=O)COC(=O)c1ccc(S(=O)(=O)N(C)C)cc1. The Morgan fingerprint density at radius 2 is 1.69 bits per heavy atom. The van der Waals surface area contributed by atoms with Gasteiger partial charge in [0.2, 0.25) is 10.0 Å². The molecule has 0 saturated heterocycles. The summed E-state index contributed by atoms with van der Waals surface area (Å²) in [7, 11) is -0.724. The first kappa shape index (κ1) is 22.6. The summed E-state index contributed by atoms with van der Waals surface area (Å²) in [6, 6.07) is 12.9. The first-order valence-electron chi connectivity index (χ1n) is 9.25. The highest BCUT2D eigenvalue weighted by Crippen LogP contribution is 2.26. The highest BCUT2D eigenvalue weighted by molar-refractivity contribution is 7.89. The summed E-state index contributed by atoms with van der Waals surface area (Å²) in [5, 5.41) is 2.77. The van der Waals surface area contributed by atoms with E-state index in [1.165, 1.54) is 38.4 Å². The molecule has 0 aliphatic carbocycles. The fraction of sp³-hybridized carbons (Fsp3) is 0.333. The van der Waals surface area contributed by atoms with Crippen molar-refractivity contribution in [3.8, 4) is 0 Å². The monoisotopic (exact) mass is 418 g/mol. The average Bonchev–Trinajstić information content (AvgIpc) is 2.71. The van der Waals surface area contributed by atoms with E-state index < -0.39 is 28.5 Å². The van der Waals surface area contributed by atoms with Crippen LogP contribution in [0.3, 0.4) is 0 Å². The Morgan fingerprint density at radius 3 is 2.28 bits per heavy atom. The van der Waals surface area contributed by atoms with Gasteiger partial charge >= 0.3 is 5.97 Å². The van der Waals surface area contributed by atoms with E-state index in [1.807, 2.05) is 24.3 Å². The number of rotatable bonds is 8. The van der Waals surface area contributed by atoms with Crippen LogP contribution in [-0.2, 0) is 19.6 Å². The number of para-hydroxylation sites is 1. The number of anilines is 1. The summed E-state index contributed by atoms with van der Waals surface area (Å²) >= 11 is 0. The first-order chi connectivity index (χ1) is 13.7. The Hall–Kier alpha value is -2.71. The van der Waals surface area contributed by atoms with Gasteiger partial charge in [-0.1, -0.05) is 32.0 Å². The summed E-state index contributed by atoms with van der Waals surface area (Å²) in [6.07, 6.45) is 0.932. The Balaban J connectivity index is 1.98. The second kappa shape index (κ2) is 9.67. The molecule has 0 saturated carbocycles. The number of hydrogen-bond donors (Lipinski definition) is 1. The topological polar surface area (TPSA) is 92.8 Å². The number of amides is 1. The van der Waals surface area contributed by atoms with Crippen LogP contribution in [-0.4, -0.2) is 45.3 Å². The van der Waals surface area contributed by atoms with Crippen LogP contribution in [0.4, 0.5) is 5.69 Å². The van der Waals surface area contributed by atoms with E-state index in [0.29, 0.717) is 5.69 Å². The molecule has 1 atom stereocenters. The smallest absolute Gasteiger partial charge is 0.338 e. The zero-order chi connectivity index (χ0) is 21.6. The summed E-state index contributed by atoms with van der Waals surface area (Å²) in [5.74, 6) is -0.865. The van der Waals surface area contributed by atoms with Crippen LogP contribution in [0, 0.1) is 0 Å². The summed E-state index contributed by atoms with van der Waals surface area (Å²) < 4.78 is 30.2. The largest absolute Gasteiger partial charge is 0.452 e. The number of sulfonamides is 1. The van der Waals surface area contributed by atoms with Crippen LogP contribution >= 0.6 is 0 Å². The standard InChI is InChI=1S/C21H26N2O5S/c1-5-15(2)18-8-6-7-9-19(18)22-20(24)14-28-21(25)16-10-12-17(13-11-16)29(26,27)23(3)4/h6-13,15H,5,14H2,1-4H3,(H,22,24)/t15-/m0/s1. The second-order valence-corrected chi connectivity index (χ2v) is 8.98. The molecule has 1 N–H and O–H groups in total. The molecule has 0 heterocycles. The molecule has 156 valence electrons. The Morgan fingerprint density at radius 1 is 1.07 bits per heavy atom. The first-order valence-corrected chi connectivity index (χ1v) is 10.7. The molecule has 0 aliphatic rings. The van der Waals surface area contributed by atoms with Gasteiger partial charge in [-0.15, -0.1) is 0 Å². The van der Waals surface area contributed by atoms with Crippen LogP contribution < -0.4 is 5.32 Å². The van der Waals surface area contributed by atoms with Crippen molar-refractivity contribution in [2.45, 2.75) is 31.1 Å². The van der Waals surface area contributed by atoms with Crippen molar-refractivity contribution in [2.24, 2.45) is 0 Å². The second-order valence-electron chi connectivity index (χ2n) is 6.83. The average molecular weight is 419 g/mol. The minimum atomic E-state index is -3.58. The summed E-state index contributed by atoms with van der Waals surface area (Å²) in [6.45, 7) is 3.71. The van der Waals surface area contributed by atoms with Gasteiger partial charge in [-0.3, -0.25) is 4.79 Å². The maximum atomic E-state index is 12.2. The zero-order valence-electron chi connectivity index (χ0n) is 17.0. The van der Waals surface area contributed by atoms with Gasteiger partial charge in [0.05, 0.1) is 10.5 Å². The molecule has 29 heavy (non-hydrogen) atoms. The van der Waals surface area contributed by atoms with Crippen molar-refractivity contribution in [1.82, 2.24) is 4.31 Å². The number of hydrogen-bond acceptors (Lipinski definition) is 5. The minimum Gasteiger partial charge on any atom is -0.452 e. The minimum absolute atomic E-state index is 0.0680. The van der Waals surface area contributed by atoms with E-state index in [9.17, 15) is 18.0 Å².